The summed E-state index contributed by atoms with van der Waals surface area (Å²) in [4.78, 5) is 16.8. The number of quaternary nitrogens is 1. The van der Waals surface area contributed by atoms with Crippen LogP contribution in [0.5, 0.6) is 0 Å². The Balaban J connectivity index is 1.37. The number of hydrogen-bond donors (Lipinski definition) is 2. The fourth-order valence-corrected chi connectivity index (χ4v) is 6.03. The summed E-state index contributed by atoms with van der Waals surface area (Å²) in [5, 5.41) is 7.51. The van der Waals surface area contributed by atoms with E-state index >= 15 is 0 Å². The fraction of sp³-hybridized carbons (Fsp3) is 0.476. The third kappa shape index (κ3) is 4.11. The van der Waals surface area contributed by atoms with Crippen molar-refractivity contribution in [2.45, 2.75) is 44.6 Å². The summed E-state index contributed by atoms with van der Waals surface area (Å²) in [6.07, 6.45) is 9.54. The Bertz CT molecular complexity index is 763. The van der Waals surface area contributed by atoms with Gasteiger partial charge in [0.15, 0.2) is 6.54 Å². The highest BCUT2D eigenvalue weighted by molar-refractivity contribution is 7.10. The second kappa shape index (κ2) is 8.51. The number of carbonyl (C=O) groups excluding carboxylic acids is 1. The van der Waals surface area contributed by atoms with Gasteiger partial charge in [-0.05, 0) is 55.0 Å². The Labute approximate surface area is 163 Å². The van der Waals surface area contributed by atoms with Gasteiger partial charge in [-0.15, -0.1) is 22.7 Å². The molecule has 0 radical (unpaired) electrons. The van der Waals surface area contributed by atoms with Crippen LogP contribution >= 0.6 is 22.7 Å². The Morgan fingerprint density at radius 2 is 2.15 bits per heavy atom. The number of thiophene rings is 2. The average molecular weight is 388 g/mol. The smallest absolute Gasteiger partial charge is 0.275 e. The largest absolute Gasteiger partial charge is 0.351 e. The van der Waals surface area contributed by atoms with E-state index in [2.05, 4.69) is 40.4 Å². The number of fused-ring (bicyclic) bond motifs is 1. The van der Waals surface area contributed by atoms with Gasteiger partial charge < -0.3 is 10.2 Å². The summed E-state index contributed by atoms with van der Waals surface area (Å²) >= 11 is 3.67. The van der Waals surface area contributed by atoms with Crippen molar-refractivity contribution in [3.8, 4) is 0 Å². The highest BCUT2D eigenvalue weighted by Gasteiger charge is 2.34. The van der Waals surface area contributed by atoms with E-state index in [1.54, 1.807) is 0 Å². The minimum absolute atomic E-state index is 0.191. The van der Waals surface area contributed by atoms with Crippen LogP contribution in [0.4, 0.5) is 0 Å². The quantitative estimate of drug-likeness (QED) is 0.733. The molecular formula is C21H27N2OS2+. The lowest BCUT2D eigenvalue weighted by Crippen LogP contribution is -3.14. The Morgan fingerprint density at radius 1 is 1.19 bits per heavy atom. The van der Waals surface area contributed by atoms with Gasteiger partial charge in [-0.1, -0.05) is 17.7 Å². The van der Waals surface area contributed by atoms with Gasteiger partial charge in [-0.3, -0.25) is 4.79 Å². The minimum atomic E-state index is 0.191. The zero-order chi connectivity index (χ0) is 17.8. The van der Waals surface area contributed by atoms with Crippen molar-refractivity contribution in [2.24, 2.45) is 0 Å². The molecule has 5 heteroatoms. The zero-order valence-corrected chi connectivity index (χ0v) is 16.8. The van der Waals surface area contributed by atoms with Crippen LogP contribution in [0.3, 0.4) is 0 Å². The fourth-order valence-electron chi connectivity index (χ4n) is 4.21. The molecule has 2 N–H and O–H groups in total. The Morgan fingerprint density at radius 3 is 2.96 bits per heavy atom. The maximum absolute atomic E-state index is 12.6. The topological polar surface area (TPSA) is 33.5 Å². The van der Waals surface area contributed by atoms with E-state index in [1.165, 1.54) is 51.5 Å². The average Bonchev–Trinajstić information content (AvgIpc) is 3.34. The van der Waals surface area contributed by atoms with Gasteiger partial charge in [0.05, 0.1) is 11.4 Å². The van der Waals surface area contributed by atoms with Gasteiger partial charge in [0.1, 0.15) is 6.04 Å². The molecule has 0 saturated carbocycles. The van der Waals surface area contributed by atoms with Crippen molar-refractivity contribution in [2.75, 3.05) is 19.6 Å². The first-order valence-corrected chi connectivity index (χ1v) is 11.5. The zero-order valence-electron chi connectivity index (χ0n) is 15.1. The van der Waals surface area contributed by atoms with E-state index in [9.17, 15) is 4.79 Å². The van der Waals surface area contributed by atoms with E-state index < -0.39 is 0 Å². The molecule has 3 nitrogen and oxygen atoms in total. The summed E-state index contributed by atoms with van der Waals surface area (Å²) < 4.78 is 0. The molecule has 0 bridgehead atoms. The summed E-state index contributed by atoms with van der Waals surface area (Å²) in [5.74, 6) is 0.191. The molecule has 0 fully saturated rings. The van der Waals surface area contributed by atoms with Crippen molar-refractivity contribution in [1.29, 1.82) is 0 Å². The molecule has 1 unspecified atom stereocenters. The number of amides is 1. The highest BCUT2D eigenvalue weighted by Crippen LogP contribution is 2.31. The molecule has 0 spiro atoms. The van der Waals surface area contributed by atoms with Gasteiger partial charge in [-0.25, -0.2) is 0 Å². The highest BCUT2D eigenvalue weighted by atomic mass is 32.1. The van der Waals surface area contributed by atoms with Crippen molar-refractivity contribution < 1.29 is 9.69 Å². The van der Waals surface area contributed by atoms with Crippen molar-refractivity contribution >= 4 is 28.6 Å². The van der Waals surface area contributed by atoms with Crippen LogP contribution < -0.4 is 10.2 Å². The SMILES string of the molecule is O=C(C[NH+]1CCc2sccc2[C@H]1c1cccs1)NCCC1=CCCCC1. The number of nitrogens with one attached hydrogen (secondary N) is 2. The molecule has 1 aliphatic heterocycles. The first kappa shape index (κ1) is 18.0. The molecule has 4 rings (SSSR count). The van der Waals surface area contributed by atoms with E-state index in [4.69, 9.17) is 0 Å². The number of allylic oxidation sites excluding steroid dienone is 1. The molecule has 0 aromatic carbocycles. The second-order valence-electron chi connectivity index (χ2n) is 7.29. The van der Waals surface area contributed by atoms with Crippen LogP contribution in [0, 0.1) is 0 Å². The summed E-state index contributed by atoms with van der Waals surface area (Å²) in [6.45, 7) is 2.39. The molecular weight excluding hydrogens is 360 g/mol. The van der Waals surface area contributed by atoms with Crippen LogP contribution in [-0.2, 0) is 11.2 Å². The van der Waals surface area contributed by atoms with E-state index in [0.717, 1.165) is 25.9 Å². The monoisotopic (exact) mass is 387 g/mol. The molecule has 0 saturated heterocycles. The normalized spacial score (nSPS) is 22.5. The first-order valence-electron chi connectivity index (χ1n) is 9.70. The van der Waals surface area contributed by atoms with Crippen LogP contribution in [0.15, 0.2) is 40.6 Å². The van der Waals surface area contributed by atoms with Crippen LogP contribution in [0.2, 0.25) is 0 Å². The van der Waals surface area contributed by atoms with Gasteiger partial charge >= 0.3 is 0 Å². The molecule has 26 heavy (non-hydrogen) atoms. The van der Waals surface area contributed by atoms with Gasteiger partial charge in [0.25, 0.3) is 5.91 Å². The van der Waals surface area contributed by atoms with E-state index in [0.29, 0.717) is 12.6 Å². The number of rotatable bonds is 6. The van der Waals surface area contributed by atoms with Gasteiger partial charge in [0, 0.05) is 23.4 Å². The van der Waals surface area contributed by atoms with Crippen LogP contribution in [0.25, 0.3) is 0 Å². The van der Waals surface area contributed by atoms with Gasteiger partial charge in [-0.2, -0.15) is 0 Å². The molecule has 2 aromatic heterocycles. The maximum atomic E-state index is 12.6. The molecule has 138 valence electrons. The van der Waals surface area contributed by atoms with Crippen molar-refractivity contribution in [1.82, 2.24) is 5.32 Å². The third-order valence-corrected chi connectivity index (χ3v) is 7.47. The summed E-state index contributed by atoms with van der Waals surface area (Å²) in [6, 6.07) is 6.92. The van der Waals surface area contributed by atoms with Crippen molar-refractivity contribution in [3.05, 3.63) is 55.9 Å². The third-order valence-electron chi connectivity index (χ3n) is 5.54. The molecule has 1 aliphatic carbocycles. The lowest BCUT2D eigenvalue weighted by molar-refractivity contribution is -0.919. The predicted octanol–water partition coefficient (Wildman–Crippen LogP) is 3.35. The second-order valence-corrected chi connectivity index (χ2v) is 9.27. The molecule has 3 heterocycles. The summed E-state index contributed by atoms with van der Waals surface area (Å²) in [5.41, 5.74) is 2.96. The molecule has 2 atom stereocenters. The van der Waals surface area contributed by atoms with E-state index in [-0.39, 0.29) is 5.91 Å². The van der Waals surface area contributed by atoms with Gasteiger partial charge in [0.2, 0.25) is 0 Å². The van der Waals surface area contributed by atoms with Crippen LogP contribution in [-0.4, -0.2) is 25.5 Å². The number of hydrogen-bond acceptors (Lipinski definition) is 3. The molecule has 1 amide bonds. The Kier molecular flexibility index (Phi) is 5.88. The standard InChI is InChI=1S/C21H26N2OS2/c24-20(22-11-8-16-5-2-1-3-6-16)15-23-12-9-18-17(10-14-26-18)21(23)19-7-4-13-25-19/h4-5,7,10,13-14,21H,1-3,6,8-9,11-12,15H2,(H,22,24)/p+1/t21-/m0/s1. The minimum Gasteiger partial charge on any atom is -0.351 e. The molecule has 2 aliphatic rings. The first-order chi connectivity index (χ1) is 12.8. The van der Waals surface area contributed by atoms with Crippen molar-refractivity contribution in [3.63, 3.8) is 0 Å². The lowest BCUT2D eigenvalue weighted by atomic mass is 9.97. The Hall–Kier alpha value is -1.43. The predicted molar refractivity (Wildman–Crippen MR) is 109 cm³/mol. The summed E-state index contributed by atoms with van der Waals surface area (Å²) in [7, 11) is 0. The lowest BCUT2D eigenvalue weighted by Gasteiger charge is -2.31. The van der Waals surface area contributed by atoms with Crippen LogP contribution in [0.1, 0.15) is 53.5 Å². The number of carbonyl (C=O) groups is 1. The van der Waals surface area contributed by atoms with E-state index in [1.807, 2.05) is 22.7 Å². The molecule has 2 aromatic rings. The maximum Gasteiger partial charge on any atom is 0.275 e.